The molecule has 1 aromatic heterocycles. The zero-order chi connectivity index (χ0) is 13.1. The second-order valence-electron chi connectivity index (χ2n) is 4.78. The van der Waals surface area contributed by atoms with E-state index in [1.54, 1.807) is 0 Å². The zero-order valence-electron chi connectivity index (χ0n) is 11.0. The van der Waals surface area contributed by atoms with E-state index in [9.17, 15) is 4.79 Å². The topological polar surface area (TPSA) is 78.2 Å². The number of nitrogens with two attached hydrogens (primary N) is 1. The molecular weight excluding hydrogens is 230 g/mol. The Bertz CT molecular complexity index is 408. The van der Waals surface area contributed by atoms with Gasteiger partial charge in [0.2, 0.25) is 0 Å². The normalized spacial score (nSPS) is 18.9. The summed E-state index contributed by atoms with van der Waals surface area (Å²) in [6, 6.07) is 0.584. The number of anilines is 1. The first kappa shape index (κ1) is 12.9. The molecule has 0 aliphatic carbocycles. The Morgan fingerprint density at radius 2 is 2.17 bits per heavy atom. The molecule has 0 spiro atoms. The molecule has 1 atom stereocenters. The smallest absolute Gasteiger partial charge is 0.259 e. The molecule has 1 aromatic rings. The molecule has 6 heteroatoms. The number of H-pyrrole nitrogens is 1. The molecule has 1 fully saturated rings. The number of carbonyl (C=O) groups is 1. The highest BCUT2D eigenvalue weighted by molar-refractivity contribution is 5.98. The molecule has 0 bridgehead atoms. The molecule has 0 aromatic carbocycles. The van der Waals surface area contributed by atoms with Crippen molar-refractivity contribution in [3.63, 3.8) is 0 Å². The summed E-state index contributed by atoms with van der Waals surface area (Å²) in [5, 5.41) is 6.38. The Labute approximate surface area is 107 Å². The maximum atomic E-state index is 12.2. The molecule has 1 amide bonds. The van der Waals surface area contributed by atoms with Gasteiger partial charge in [0.15, 0.2) is 0 Å². The first-order valence-electron chi connectivity index (χ1n) is 6.45. The van der Waals surface area contributed by atoms with Gasteiger partial charge in [-0.05, 0) is 13.3 Å². The van der Waals surface area contributed by atoms with Crippen LogP contribution in [0.4, 0.5) is 5.82 Å². The third kappa shape index (κ3) is 2.48. The van der Waals surface area contributed by atoms with E-state index >= 15 is 0 Å². The monoisotopic (exact) mass is 251 g/mol. The van der Waals surface area contributed by atoms with Gasteiger partial charge < -0.3 is 10.6 Å². The zero-order valence-corrected chi connectivity index (χ0v) is 11.0. The standard InChI is InChI=1S/C12H21N5O/c1-3-9(2)16-4-6-17(7-5-16)12(18)10-8-14-15-11(10)13/h8-9H,3-7H2,1-2H3,(H3,13,14,15). The Morgan fingerprint density at radius 1 is 1.50 bits per heavy atom. The number of nitrogens with zero attached hydrogens (tertiary/aromatic N) is 3. The van der Waals surface area contributed by atoms with Gasteiger partial charge in [-0.2, -0.15) is 5.10 Å². The van der Waals surface area contributed by atoms with Gasteiger partial charge in [0.25, 0.3) is 5.91 Å². The Hall–Kier alpha value is -1.56. The van der Waals surface area contributed by atoms with Crippen LogP contribution in [0.25, 0.3) is 0 Å². The maximum Gasteiger partial charge on any atom is 0.259 e. The Kier molecular flexibility index (Phi) is 3.86. The van der Waals surface area contributed by atoms with E-state index in [1.807, 2.05) is 4.90 Å². The molecule has 1 unspecified atom stereocenters. The van der Waals surface area contributed by atoms with Crippen molar-refractivity contribution in [1.29, 1.82) is 0 Å². The number of aromatic amines is 1. The summed E-state index contributed by atoms with van der Waals surface area (Å²) in [5.41, 5.74) is 6.15. The number of carbonyl (C=O) groups excluding carboxylic acids is 1. The van der Waals surface area contributed by atoms with Crippen molar-refractivity contribution in [3.05, 3.63) is 11.8 Å². The summed E-state index contributed by atoms with van der Waals surface area (Å²) in [7, 11) is 0. The lowest BCUT2D eigenvalue weighted by molar-refractivity contribution is 0.0580. The molecule has 0 radical (unpaired) electrons. The fourth-order valence-corrected chi connectivity index (χ4v) is 2.26. The van der Waals surface area contributed by atoms with Crippen molar-refractivity contribution >= 4 is 11.7 Å². The summed E-state index contributed by atoms with van der Waals surface area (Å²) >= 11 is 0. The second kappa shape index (κ2) is 5.39. The van der Waals surface area contributed by atoms with Gasteiger partial charge in [0.1, 0.15) is 11.4 Å². The van der Waals surface area contributed by atoms with Gasteiger partial charge in [0.05, 0.1) is 6.20 Å². The number of aromatic nitrogens is 2. The van der Waals surface area contributed by atoms with Crippen LogP contribution in [0.1, 0.15) is 30.6 Å². The summed E-state index contributed by atoms with van der Waals surface area (Å²) in [5.74, 6) is 0.328. The van der Waals surface area contributed by atoms with Gasteiger partial charge in [-0.3, -0.25) is 14.8 Å². The fourth-order valence-electron chi connectivity index (χ4n) is 2.26. The highest BCUT2D eigenvalue weighted by atomic mass is 16.2. The minimum atomic E-state index is -0.0231. The summed E-state index contributed by atoms with van der Waals surface area (Å²) in [4.78, 5) is 16.5. The van der Waals surface area contributed by atoms with Crippen molar-refractivity contribution in [1.82, 2.24) is 20.0 Å². The Balaban J connectivity index is 1.94. The summed E-state index contributed by atoms with van der Waals surface area (Å²) in [6.07, 6.45) is 2.64. The fraction of sp³-hybridized carbons (Fsp3) is 0.667. The van der Waals surface area contributed by atoms with Crippen LogP contribution in [0.15, 0.2) is 6.20 Å². The van der Waals surface area contributed by atoms with E-state index in [1.165, 1.54) is 6.20 Å². The quantitative estimate of drug-likeness (QED) is 0.822. The minimum absolute atomic E-state index is 0.0231. The number of hydrogen-bond acceptors (Lipinski definition) is 4. The van der Waals surface area contributed by atoms with E-state index < -0.39 is 0 Å². The molecule has 2 rings (SSSR count). The molecule has 1 saturated heterocycles. The van der Waals surface area contributed by atoms with E-state index in [0.29, 0.717) is 17.4 Å². The first-order chi connectivity index (χ1) is 8.63. The molecule has 0 saturated carbocycles. The van der Waals surface area contributed by atoms with Crippen molar-refractivity contribution < 1.29 is 4.79 Å². The summed E-state index contributed by atoms with van der Waals surface area (Å²) in [6.45, 7) is 7.79. The van der Waals surface area contributed by atoms with Gasteiger partial charge in [-0.15, -0.1) is 0 Å². The number of amides is 1. The van der Waals surface area contributed by atoms with Crippen LogP contribution in [-0.4, -0.2) is 58.1 Å². The van der Waals surface area contributed by atoms with E-state index in [4.69, 9.17) is 5.73 Å². The third-order valence-corrected chi connectivity index (χ3v) is 3.71. The highest BCUT2D eigenvalue weighted by Gasteiger charge is 2.25. The second-order valence-corrected chi connectivity index (χ2v) is 4.78. The number of nitrogens with one attached hydrogen (secondary N) is 1. The number of hydrogen-bond donors (Lipinski definition) is 2. The van der Waals surface area contributed by atoms with Crippen LogP contribution in [0, 0.1) is 0 Å². The van der Waals surface area contributed by atoms with Crippen molar-refractivity contribution in [2.45, 2.75) is 26.3 Å². The van der Waals surface area contributed by atoms with Gasteiger partial charge in [0, 0.05) is 32.2 Å². The van der Waals surface area contributed by atoms with Gasteiger partial charge in [-0.25, -0.2) is 0 Å². The molecule has 18 heavy (non-hydrogen) atoms. The van der Waals surface area contributed by atoms with Gasteiger partial charge in [-0.1, -0.05) is 6.92 Å². The maximum absolute atomic E-state index is 12.2. The van der Waals surface area contributed by atoms with Crippen molar-refractivity contribution in [2.75, 3.05) is 31.9 Å². The molecule has 1 aliphatic rings. The molecule has 100 valence electrons. The number of piperazine rings is 1. The molecule has 2 heterocycles. The van der Waals surface area contributed by atoms with Crippen LogP contribution >= 0.6 is 0 Å². The Morgan fingerprint density at radius 3 is 2.67 bits per heavy atom. The largest absolute Gasteiger partial charge is 0.383 e. The van der Waals surface area contributed by atoms with E-state index in [0.717, 1.165) is 32.6 Å². The van der Waals surface area contributed by atoms with Crippen LogP contribution in [0.5, 0.6) is 0 Å². The average molecular weight is 251 g/mol. The van der Waals surface area contributed by atoms with Crippen LogP contribution < -0.4 is 5.73 Å². The van der Waals surface area contributed by atoms with Crippen molar-refractivity contribution in [2.24, 2.45) is 0 Å². The van der Waals surface area contributed by atoms with Crippen LogP contribution in [0.3, 0.4) is 0 Å². The molecule has 3 N–H and O–H groups in total. The third-order valence-electron chi connectivity index (χ3n) is 3.71. The number of nitrogen functional groups attached to an aromatic ring is 1. The molecular formula is C12H21N5O. The summed E-state index contributed by atoms with van der Waals surface area (Å²) < 4.78 is 0. The average Bonchev–Trinajstić information content (AvgIpc) is 2.83. The van der Waals surface area contributed by atoms with E-state index in [-0.39, 0.29) is 5.91 Å². The molecule has 6 nitrogen and oxygen atoms in total. The predicted octanol–water partition coefficient (Wildman–Crippen LogP) is 0.548. The van der Waals surface area contributed by atoms with E-state index in [2.05, 4.69) is 28.9 Å². The van der Waals surface area contributed by atoms with Crippen LogP contribution in [0.2, 0.25) is 0 Å². The lowest BCUT2D eigenvalue weighted by atomic mass is 10.1. The number of rotatable bonds is 3. The SMILES string of the molecule is CCC(C)N1CCN(C(=O)c2cn[nH]c2N)CC1. The lowest BCUT2D eigenvalue weighted by Gasteiger charge is -2.37. The highest BCUT2D eigenvalue weighted by Crippen LogP contribution is 2.14. The molecule has 1 aliphatic heterocycles. The van der Waals surface area contributed by atoms with Crippen molar-refractivity contribution in [3.8, 4) is 0 Å². The first-order valence-corrected chi connectivity index (χ1v) is 6.45. The minimum Gasteiger partial charge on any atom is -0.383 e. The van der Waals surface area contributed by atoms with Gasteiger partial charge >= 0.3 is 0 Å². The lowest BCUT2D eigenvalue weighted by Crippen LogP contribution is -2.51. The predicted molar refractivity (Wildman–Crippen MR) is 70.2 cm³/mol. The van der Waals surface area contributed by atoms with Crippen LogP contribution in [-0.2, 0) is 0 Å².